The Bertz CT molecular complexity index is 1270. The molecule has 2 N–H and O–H groups in total. The van der Waals surface area contributed by atoms with Gasteiger partial charge >= 0.3 is 36.0 Å². The Morgan fingerprint density at radius 1 is 0.850 bits per heavy atom. The van der Waals surface area contributed by atoms with E-state index in [0.717, 1.165) is 20.0 Å². The lowest BCUT2D eigenvalue weighted by atomic mass is 9.89. The first-order chi connectivity index (χ1) is 18.1. The van der Waals surface area contributed by atoms with E-state index in [9.17, 15) is 58.3 Å². The summed E-state index contributed by atoms with van der Waals surface area (Å²) < 4.78 is 131. The quantitative estimate of drug-likeness (QED) is 0.318. The van der Waals surface area contributed by atoms with Gasteiger partial charge in [0.1, 0.15) is 6.54 Å². The maximum absolute atomic E-state index is 14.6. The van der Waals surface area contributed by atoms with Crippen LogP contribution in [0.3, 0.4) is 0 Å². The lowest BCUT2D eigenvalue weighted by Crippen LogP contribution is -2.50. The van der Waals surface area contributed by atoms with Gasteiger partial charge in [-0.25, -0.2) is 4.39 Å². The molecule has 3 amide bonds. The number of anilines is 2. The van der Waals surface area contributed by atoms with E-state index in [-0.39, 0.29) is 39.4 Å². The summed E-state index contributed by atoms with van der Waals surface area (Å²) in [5, 5.41) is 4.33. The average Bonchev–Trinajstić information content (AvgIpc) is 2.81. The number of nitrogens with zero attached hydrogens (tertiary/aromatic N) is 1. The zero-order valence-corrected chi connectivity index (χ0v) is 20.8. The van der Waals surface area contributed by atoms with Crippen molar-refractivity contribution < 1.29 is 58.3 Å². The first-order valence-electron chi connectivity index (χ1n) is 11.1. The number of likely N-dealkylation sites (N-methyl/N-ethyl adjacent to an activating group) is 1. The van der Waals surface area contributed by atoms with Crippen molar-refractivity contribution in [1.29, 1.82) is 0 Å². The first kappa shape index (κ1) is 32.4. The molecule has 2 rings (SSSR count). The van der Waals surface area contributed by atoms with Crippen molar-refractivity contribution in [2.45, 2.75) is 44.5 Å². The number of hydrogen-bond acceptors (Lipinski definition) is 3. The van der Waals surface area contributed by atoms with Crippen LogP contribution in [0.1, 0.15) is 34.0 Å². The minimum absolute atomic E-state index is 0.119. The van der Waals surface area contributed by atoms with Gasteiger partial charge in [-0.1, -0.05) is 19.1 Å². The molecule has 16 heteroatoms. The van der Waals surface area contributed by atoms with Crippen LogP contribution in [-0.4, -0.2) is 54.7 Å². The number of carbonyl (C=O) groups is 3. The van der Waals surface area contributed by atoms with Gasteiger partial charge in [0.2, 0.25) is 0 Å². The fraction of sp³-hybridized carbons (Fsp3) is 0.375. The van der Waals surface area contributed by atoms with Gasteiger partial charge in [-0.05, 0) is 48.7 Å². The molecule has 0 heterocycles. The summed E-state index contributed by atoms with van der Waals surface area (Å²) in [4.78, 5) is 36.8. The molecule has 0 aliphatic heterocycles. The highest BCUT2D eigenvalue weighted by Gasteiger charge is 2.73. The maximum Gasteiger partial charge on any atom is 0.435 e. The average molecular weight is 589 g/mol. The van der Waals surface area contributed by atoms with Gasteiger partial charge in [0.15, 0.2) is 0 Å². The predicted molar refractivity (Wildman–Crippen MR) is 122 cm³/mol. The Labute approximate surface area is 220 Å². The highest BCUT2D eigenvalue weighted by atomic mass is 19.4. The van der Waals surface area contributed by atoms with Gasteiger partial charge in [-0.15, -0.1) is 0 Å². The van der Waals surface area contributed by atoms with Crippen molar-refractivity contribution in [3.63, 3.8) is 0 Å². The largest absolute Gasteiger partial charge is 0.435 e. The summed E-state index contributed by atoms with van der Waals surface area (Å²) in [5.41, 5.74) is -8.56. The second-order valence-corrected chi connectivity index (χ2v) is 8.60. The van der Waals surface area contributed by atoms with Crippen LogP contribution in [0.4, 0.5) is 55.3 Å². The van der Waals surface area contributed by atoms with Crippen LogP contribution in [0.5, 0.6) is 0 Å². The van der Waals surface area contributed by atoms with E-state index < -0.39 is 54.0 Å². The number of amides is 3. The fourth-order valence-corrected chi connectivity index (χ4v) is 3.63. The molecule has 0 unspecified atom stereocenters. The molecule has 0 aromatic heterocycles. The Morgan fingerprint density at radius 2 is 1.43 bits per heavy atom. The second-order valence-electron chi connectivity index (χ2n) is 8.60. The van der Waals surface area contributed by atoms with Crippen molar-refractivity contribution in [2.75, 3.05) is 24.2 Å². The van der Waals surface area contributed by atoms with E-state index in [1.165, 1.54) is 25.1 Å². The lowest BCUT2D eigenvalue weighted by Gasteiger charge is -2.31. The van der Waals surface area contributed by atoms with Gasteiger partial charge in [-0.3, -0.25) is 14.4 Å². The van der Waals surface area contributed by atoms with Crippen molar-refractivity contribution in [3.8, 4) is 0 Å². The zero-order valence-electron chi connectivity index (χ0n) is 20.8. The SMILES string of the molecule is CCc1cc(C(F)(C(F)(F)F)C(F)(F)F)cc(C)c1NC(=O)c1cccc(NC(=O)C(=O)N(C)CC(F)(F)F)c1. The number of nitrogens with one attached hydrogen (secondary N) is 2. The van der Waals surface area contributed by atoms with Crippen molar-refractivity contribution >= 4 is 29.1 Å². The summed E-state index contributed by atoms with van der Waals surface area (Å²) in [6.07, 6.45) is -17.6. The monoisotopic (exact) mass is 589 g/mol. The molecule has 0 fully saturated rings. The molecule has 6 nitrogen and oxygen atoms in total. The Morgan fingerprint density at radius 3 is 1.93 bits per heavy atom. The lowest BCUT2D eigenvalue weighted by molar-refractivity contribution is -0.348. The minimum atomic E-state index is -6.33. The molecular weight excluding hydrogens is 568 g/mol. The number of aryl methyl sites for hydroxylation is 2. The maximum atomic E-state index is 14.6. The van der Waals surface area contributed by atoms with Gasteiger partial charge in [0.25, 0.3) is 5.91 Å². The van der Waals surface area contributed by atoms with E-state index in [1.807, 2.05) is 5.32 Å². The van der Waals surface area contributed by atoms with Crippen LogP contribution in [0.2, 0.25) is 0 Å². The molecule has 2 aromatic carbocycles. The first-order valence-corrected chi connectivity index (χ1v) is 11.1. The van der Waals surface area contributed by atoms with Crippen LogP contribution in [0.15, 0.2) is 36.4 Å². The molecule has 0 aliphatic rings. The van der Waals surface area contributed by atoms with Crippen LogP contribution in [0.25, 0.3) is 0 Å². The van der Waals surface area contributed by atoms with Crippen LogP contribution in [-0.2, 0) is 21.7 Å². The van der Waals surface area contributed by atoms with E-state index >= 15 is 0 Å². The summed E-state index contributed by atoms with van der Waals surface area (Å²) in [6.45, 7) is 0.707. The molecule has 220 valence electrons. The van der Waals surface area contributed by atoms with Crippen molar-refractivity contribution in [1.82, 2.24) is 4.90 Å². The second kappa shape index (κ2) is 11.3. The smallest absolute Gasteiger partial charge is 0.328 e. The van der Waals surface area contributed by atoms with E-state index in [1.54, 1.807) is 0 Å². The number of carbonyl (C=O) groups excluding carboxylic acids is 3. The molecule has 0 spiro atoms. The number of rotatable bonds is 6. The van der Waals surface area contributed by atoms with Crippen LogP contribution in [0, 0.1) is 6.92 Å². The van der Waals surface area contributed by atoms with E-state index in [4.69, 9.17) is 0 Å². The molecule has 0 aliphatic carbocycles. The number of benzene rings is 2. The number of hydrogen-bond donors (Lipinski definition) is 2. The molecular formula is C24H21F10N3O3. The third kappa shape index (κ3) is 7.01. The summed E-state index contributed by atoms with van der Waals surface area (Å²) in [5.74, 6) is -3.94. The van der Waals surface area contributed by atoms with Crippen LogP contribution < -0.4 is 10.6 Å². The molecule has 0 atom stereocenters. The van der Waals surface area contributed by atoms with Gasteiger partial charge in [0, 0.05) is 29.5 Å². The highest BCUT2D eigenvalue weighted by molar-refractivity contribution is 6.39. The van der Waals surface area contributed by atoms with Gasteiger partial charge in [-0.2, -0.15) is 39.5 Å². The third-order valence-corrected chi connectivity index (χ3v) is 5.56. The Kier molecular flexibility index (Phi) is 9.17. The Balaban J connectivity index is 2.34. The highest BCUT2D eigenvalue weighted by Crippen LogP contribution is 2.53. The summed E-state index contributed by atoms with van der Waals surface area (Å²) in [7, 11) is 0.745. The predicted octanol–water partition coefficient (Wildman–Crippen LogP) is 6.06. The molecule has 0 saturated carbocycles. The number of alkyl halides is 10. The van der Waals surface area contributed by atoms with E-state index in [0.29, 0.717) is 12.1 Å². The minimum Gasteiger partial charge on any atom is -0.328 e. The topological polar surface area (TPSA) is 78.5 Å². The van der Waals surface area contributed by atoms with Crippen molar-refractivity contribution in [2.24, 2.45) is 0 Å². The normalized spacial score (nSPS) is 12.6. The number of halogens is 10. The summed E-state index contributed by atoms with van der Waals surface area (Å²) in [6, 6.07) is 5.28. The van der Waals surface area contributed by atoms with Crippen LogP contribution >= 0.6 is 0 Å². The van der Waals surface area contributed by atoms with E-state index in [2.05, 4.69) is 5.32 Å². The molecule has 0 radical (unpaired) electrons. The van der Waals surface area contributed by atoms with Gasteiger partial charge in [0.05, 0.1) is 0 Å². The summed E-state index contributed by atoms with van der Waals surface area (Å²) >= 11 is 0. The third-order valence-electron chi connectivity index (χ3n) is 5.56. The molecule has 0 bridgehead atoms. The zero-order chi connectivity index (χ0) is 30.8. The van der Waals surface area contributed by atoms with Gasteiger partial charge < -0.3 is 15.5 Å². The molecule has 0 saturated heterocycles. The Hall–Kier alpha value is -3.85. The van der Waals surface area contributed by atoms with Crippen molar-refractivity contribution in [3.05, 3.63) is 58.7 Å². The fourth-order valence-electron chi connectivity index (χ4n) is 3.63. The molecule has 2 aromatic rings. The molecule has 40 heavy (non-hydrogen) atoms. The standard InChI is InChI=1S/C24H21F10N3O3/c1-4-13-9-15(22(28,23(29,30)31)24(32,33)34)8-12(2)17(13)36-18(38)14-6-5-7-16(10-14)35-19(39)20(40)37(3)11-21(25,26)27/h5-10H,4,11H2,1-3H3,(H,35,39)(H,36,38).